The van der Waals surface area contributed by atoms with Crippen molar-refractivity contribution in [3.05, 3.63) is 0 Å². The molecule has 0 aromatic rings. The van der Waals surface area contributed by atoms with E-state index in [1.165, 1.54) is 0 Å². The second kappa shape index (κ2) is 4.68. The van der Waals surface area contributed by atoms with Gasteiger partial charge in [0.15, 0.2) is 0 Å². The summed E-state index contributed by atoms with van der Waals surface area (Å²) in [5.74, 6) is 4.23. The summed E-state index contributed by atoms with van der Waals surface area (Å²) in [4.78, 5) is 0. The summed E-state index contributed by atoms with van der Waals surface area (Å²) >= 11 is 1.12. The van der Waals surface area contributed by atoms with Gasteiger partial charge in [-0.3, -0.25) is 0 Å². The zero-order chi connectivity index (χ0) is 5.70. The van der Waals surface area contributed by atoms with E-state index in [4.69, 9.17) is 5.26 Å². The summed E-state index contributed by atoms with van der Waals surface area (Å²) < 4.78 is 0.417. The van der Waals surface area contributed by atoms with Gasteiger partial charge < -0.3 is 0 Å². The second-order valence-electron chi connectivity index (χ2n) is 0.932. The molecule has 0 bridgehead atoms. The van der Waals surface area contributed by atoms with E-state index in [2.05, 4.69) is 17.7 Å². The van der Waals surface area contributed by atoms with E-state index >= 15 is 0 Å². The Hall–Kier alpha value is 0.529. The summed E-state index contributed by atoms with van der Waals surface area (Å²) in [6.07, 6.45) is 0. The summed E-state index contributed by atoms with van der Waals surface area (Å²) in [7, 11) is 0. The van der Waals surface area contributed by atoms with Gasteiger partial charge in [-0.1, -0.05) is 0 Å². The maximum absolute atomic E-state index is 8.31. The van der Waals surface area contributed by atoms with Crippen LogP contribution in [0.2, 0.25) is 15.4 Å². The van der Waals surface area contributed by atoms with Crippen LogP contribution < -0.4 is 0 Å². The van der Waals surface area contributed by atoms with Crippen LogP contribution in [-0.4, -0.2) is 29.9 Å². The number of hydrogen-bond donors (Lipinski definition) is 0. The molecule has 3 heteroatoms. The third-order valence-corrected chi connectivity index (χ3v) is 6.97. The minimum atomic E-state index is 0.417. The average molecular weight is 227 g/mol. The van der Waals surface area contributed by atoms with Crippen LogP contribution in [0.25, 0.3) is 0 Å². The molecule has 0 aliphatic heterocycles. The predicted octanol–water partition coefficient (Wildman–Crippen LogP) is 0.761. The molecule has 0 unspecified atom stereocenters. The van der Waals surface area contributed by atoms with Crippen LogP contribution in [0.15, 0.2) is 0 Å². The van der Waals surface area contributed by atoms with Gasteiger partial charge in [0.1, 0.15) is 0 Å². The molecular weight excluding hydrogens is 220 g/mol. The van der Waals surface area contributed by atoms with E-state index < -0.39 is 0 Å². The van der Waals surface area contributed by atoms with Crippen LogP contribution in [0.1, 0.15) is 0 Å². The summed E-state index contributed by atoms with van der Waals surface area (Å²) in [5, 5.41) is 8.31. The molecule has 0 aromatic heterocycles. The molecular formula is C4H7NSe2. The van der Waals surface area contributed by atoms with Crippen LogP contribution in [-0.2, 0) is 0 Å². The predicted molar refractivity (Wildman–Crippen MR) is 32.6 cm³/mol. The average Bonchev–Trinajstić information content (AvgIpc) is 1.72. The first-order chi connectivity index (χ1) is 3.35. The fourth-order valence-electron chi connectivity index (χ4n) is 0.202. The quantitative estimate of drug-likeness (QED) is 0.639. The van der Waals surface area contributed by atoms with Crippen LogP contribution >= 0.6 is 0 Å². The Kier molecular flexibility index (Phi) is 5.04. The van der Waals surface area contributed by atoms with Crippen molar-refractivity contribution in [2.45, 2.75) is 15.4 Å². The Morgan fingerprint density at radius 3 is 1.86 bits per heavy atom. The molecule has 0 N–H and O–H groups in total. The van der Waals surface area contributed by atoms with Crippen LogP contribution in [0.3, 0.4) is 0 Å². The first kappa shape index (κ1) is 7.53. The van der Waals surface area contributed by atoms with E-state index in [1.807, 2.05) is 0 Å². The molecule has 0 rings (SSSR count). The van der Waals surface area contributed by atoms with Gasteiger partial charge >= 0.3 is 56.6 Å². The van der Waals surface area contributed by atoms with E-state index in [0.717, 1.165) is 0 Å². The van der Waals surface area contributed by atoms with Gasteiger partial charge in [-0.15, -0.1) is 0 Å². The summed E-state index contributed by atoms with van der Waals surface area (Å²) in [6.45, 7) is 0. The van der Waals surface area contributed by atoms with Gasteiger partial charge in [0.05, 0.1) is 0 Å². The van der Waals surface area contributed by atoms with Gasteiger partial charge in [-0.25, -0.2) is 0 Å². The van der Waals surface area contributed by atoms with Gasteiger partial charge in [0, 0.05) is 0 Å². The normalized spacial score (nSPS) is 8.86. The molecule has 0 spiro atoms. The number of nitrogens with zero attached hydrogens (tertiary/aromatic N) is 1. The molecule has 40 valence electrons. The zero-order valence-corrected chi connectivity index (χ0v) is 7.77. The van der Waals surface area contributed by atoms with Crippen molar-refractivity contribution in [3.63, 3.8) is 0 Å². The Morgan fingerprint density at radius 1 is 1.43 bits per heavy atom. The van der Waals surface area contributed by atoms with Crippen molar-refractivity contribution in [2.75, 3.05) is 0 Å². The molecule has 7 heavy (non-hydrogen) atoms. The summed E-state index contributed by atoms with van der Waals surface area (Å²) in [6, 6.07) is 2.26. The molecule has 1 nitrogen and oxygen atoms in total. The molecule has 0 radical (unpaired) electrons. The molecule has 0 aliphatic carbocycles. The summed E-state index contributed by atoms with van der Waals surface area (Å²) in [5.41, 5.74) is 0. The van der Waals surface area contributed by atoms with Gasteiger partial charge in [-0.05, 0) is 0 Å². The number of nitriles is 1. The molecule has 0 saturated carbocycles. The van der Waals surface area contributed by atoms with Crippen molar-refractivity contribution in [3.8, 4) is 6.07 Å². The van der Waals surface area contributed by atoms with Crippen molar-refractivity contribution < 1.29 is 0 Å². The van der Waals surface area contributed by atoms with Crippen molar-refractivity contribution >= 4 is 29.9 Å². The molecule has 0 saturated heterocycles. The standard InChI is InChI=1S/C4H7NSe2/c1-6-4(3-5)7-2/h4H,1-2H3. The SMILES string of the molecule is C[Se]C(C#N)[Se]C. The van der Waals surface area contributed by atoms with E-state index in [-0.39, 0.29) is 0 Å². The molecule has 0 amide bonds. The molecule has 0 fully saturated rings. The van der Waals surface area contributed by atoms with E-state index in [0.29, 0.717) is 33.6 Å². The monoisotopic (exact) mass is 229 g/mol. The Labute approximate surface area is 56.8 Å². The minimum absolute atomic E-state index is 0.417. The molecule has 0 aromatic carbocycles. The third-order valence-electron chi connectivity index (χ3n) is 0.534. The molecule has 0 heterocycles. The van der Waals surface area contributed by atoms with Crippen LogP contribution in [0, 0.1) is 11.3 Å². The van der Waals surface area contributed by atoms with Gasteiger partial charge in [0.2, 0.25) is 0 Å². The number of hydrogen-bond acceptors (Lipinski definition) is 1. The van der Waals surface area contributed by atoms with Gasteiger partial charge in [-0.2, -0.15) is 0 Å². The molecule has 0 atom stereocenters. The van der Waals surface area contributed by atoms with E-state index in [9.17, 15) is 0 Å². The fourth-order valence-corrected chi connectivity index (χ4v) is 3.15. The topological polar surface area (TPSA) is 23.8 Å². The Bertz CT molecular complexity index is 72.2. The van der Waals surface area contributed by atoms with Crippen LogP contribution in [0.4, 0.5) is 0 Å². The second-order valence-corrected chi connectivity index (χ2v) is 6.40. The van der Waals surface area contributed by atoms with Gasteiger partial charge in [0.25, 0.3) is 0 Å². The van der Waals surface area contributed by atoms with Crippen molar-refractivity contribution in [1.29, 1.82) is 5.26 Å². The third kappa shape index (κ3) is 3.14. The Balaban J connectivity index is 3.23. The van der Waals surface area contributed by atoms with E-state index in [1.54, 1.807) is 0 Å². The first-order valence-electron chi connectivity index (χ1n) is 1.80. The molecule has 0 aliphatic rings. The van der Waals surface area contributed by atoms with Crippen LogP contribution in [0.5, 0.6) is 0 Å². The Morgan fingerprint density at radius 2 is 1.86 bits per heavy atom. The number of rotatable bonds is 2. The fraction of sp³-hybridized carbons (Fsp3) is 0.750. The first-order valence-corrected chi connectivity index (χ1v) is 7.20. The van der Waals surface area contributed by atoms with Crippen molar-refractivity contribution in [1.82, 2.24) is 0 Å². The maximum atomic E-state index is 8.31. The van der Waals surface area contributed by atoms with Crippen molar-refractivity contribution in [2.24, 2.45) is 0 Å². The zero-order valence-electron chi connectivity index (χ0n) is 4.34.